The molecule has 2 aromatic carbocycles. The summed E-state index contributed by atoms with van der Waals surface area (Å²) in [5, 5.41) is 9.65. The average molecular weight is 309 g/mol. The van der Waals surface area contributed by atoms with Gasteiger partial charge >= 0.3 is 10.2 Å². The van der Waals surface area contributed by atoms with Crippen molar-refractivity contribution in [2.45, 2.75) is 11.7 Å². The molecule has 0 spiro atoms. The summed E-state index contributed by atoms with van der Waals surface area (Å²) in [4.78, 5) is 13.2. The van der Waals surface area contributed by atoms with E-state index in [2.05, 4.69) is 0 Å². The summed E-state index contributed by atoms with van der Waals surface area (Å²) in [6.07, 6.45) is -0.367. The average Bonchev–Trinajstić information content (AvgIpc) is 2.81. The zero-order valence-corrected chi connectivity index (χ0v) is 11.7. The molecule has 1 unspecified atom stereocenters. The van der Waals surface area contributed by atoms with Crippen molar-refractivity contribution in [3.8, 4) is 5.75 Å². The van der Waals surface area contributed by atoms with E-state index >= 15 is 0 Å². The third-order valence-electron chi connectivity index (χ3n) is 3.65. The molecule has 1 amide bonds. The normalized spacial score (nSPS) is 19.4. The predicted octanol–water partition coefficient (Wildman–Crippen LogP) is 1.95. The second-order valence-corrected chi connectivity index (χ2v) is 6.57. The van der Waals surface area contributed by atoms with Crippen LogP contribution in [0.4, 0.5) is 9.57 Å². The van der Waals surface area contributed by atoms with E-state index in [9.17, 15) is 22.2 Å². The van der Waals surface area contributed by atoms with Gasteiger partial charge in [0.1, 0.15) is 11.0 Å². The Bertz CT molecular complexity index is 834. The minimum absolute atomic E-state index is 0.0654. The van der Waals surface area contributed by atoms with E-state index in [1.165, 1.54) is 11.0 Å². The van der Waals surface area contributed by atoms with Gasteiger partial charge in [-0.3, -0.25) is 4.79 Å². The quantitative estimate of drug-likeness (QED) is 0.860. The standard InChI is InChI=1S/C14H12FNO4S/c15-21(19,20)9-7-14(18)16(8-9)12-5-1-4-11-10(12)3-2-6-13(11)17/h1-6,9,17H,7-8H2. The number of fused-ring (bicyclic) bond motifs is 1. The van der Waals surface area contributed by atoms with Crippen molar-refractivity contribution < 1.29 is 22.2 Å². The lowest BCUT2D eigenvalue weighted by molar-refractivity contribution is -0.117. The Hall–Kier alpha value is -2.15. The van der Waals surface area contributed by atoms with Gasteiger partial charge in [-0.15, -0.1) is 3.89 Å². The zero-order chi connectivity index (χ0) is 15.2. The van der Waals surface area contributed by atoms with Gasteiger partial charge in [-0.25, -0.2) is 0 Å². The Morgan fingerprint density at radius 1 is 1.14 bits per heavy atom. The molecule has 1 aliphatic heterocycles. The molecule has 5 nitrogen and oxygen atoms in total. The number of aromatic hydroxyl groups is 1. The van der Waals surface area contributed by atoms with Crippen LogP contribution >= 0.6 is 0 Å². The van der Waals surface area contributed by atoms with Gasteiger partial charge < -0.3 is 10.0 Å². The molecule has 0 aliphatic carbocycles. The van der Waals surface area contributed by atoms with Crippen LogP contribution in [0.25, 0.3) is 10.8 Å². The molecule has 1 aliphatic rings. The first kappa shape index (κ1) is 13.8. The molecule has 1 saturated heterocycles. The Labute approximate surface area is 120 Å². The summed E-state index contributed by atoms with van der Waals surface area (Å²) in [5.41, 5.74) is 0.472. The van der Waals surface area contributed by atoms with Gasteiger partial charge in [0, 0.05) is 23.7 Å². The van der Waals surface area contributed by atoms with E-state index in [0.717, 1.165) is 0 Å². The molecule has 21 heavy (non-hydrogen) atoms. The van der Waals surface area contributed by atoms with Crippen LogP contribution in [0.3, 0.4) is 0 Å². The summed E-state index contributed by atoms with van der Waals surface area (Å²) in [5.74, 6) is -0.382. The van der Waals surface area contributed by atoms with Crippen molar-refractivity contribution >= 4 is 32.6 Å². The van der Waals surface area contributed by atoms with Crippen molar-refractivity contribution in [2.24, 2.45) is 0 Å². The van der Waals surface area contributed by atoms with Crippen molar-refractivity contribution in [1.82, 2.24) is 0 Å². The van der Waals surface area contributed by atoms with Gasteiger partial charge in [-0.1, -0.05) is 24.3 Å². The summed E-state index contributed by atoms with van der Waals surface area (Å²) in [7, 11) is -4.75. The molecule has 7 heteroatoms. The predicted molar refractivity (Wildman–Crippen MR) is 76.4 cm³/mol. The Morgan fingerprint density at radius 3 is 2.48 bits per heavy atom. The van der Waals surface area contributed by atoms with Crippen LogP contribution in [-0.2, 0) is 15.0 Å². The molecule has 1 heterocycles. The van der Waals surface area contributed by atoms with Gasteiger partial charge in [0.2, 0.25) is 5.91 Å². The van der Waals surface area contributed by atoms with Crippen LogP contribution in [-0.4, -0.2) is 31.2 Å². The van der Waals surface area contributed by atoms with Crippen LogP contribution in [0.2, 0.25) is 0 Å². The molecule has 1 N–H and O–H groups in total. The first-order chi connectivity index (χ1) is 9.88. The third kappa shape index (κ3) is 2.33. The maximum absolute atomic E-state index is 13.1. The number of benzene rings is 2. The fraction of sp³-hybridized carbons (Fsp3) is 0.214. The van der Waals surface area contributed by atoms with E-state index < -0.39 is 21.4 Å². The highest BCUT2D eigenvalue weighted by molar-refractivity contribution is 7.87. The highest BCUT2D eigenvalue weighted by Gasteiger charge is 2.39. The van der Waals surface area contributed by atoms with Crippen LogP contribution in [0.15, 0.2) is 36.4 Å². The number of carbonyl (C=O) groups is 1. The fourth-order valence-electron chi connectivity index (χ4n) is 2.61. The minimum atomic E-state index is -4.75. The topological polar surface area (TPSA) is 74.7 Å². The molecule has 3 rings (SSSR count). The summed E-state index contributed by atoms with van der Waals surface area (Å²) < 4.78 is 35.1. The molecule has 1 atom stereocenters. The van der Waals surface area contributed by atoms with Crippen molar-refractivity contribution in [3.05, 3.63) is 36.4 Å². The molecular weight excluding hydrogens is 297 g/mol. The van der Waals surface area contributed by atoms with Crippen LogP contribution in [0, 0.1) is 0 Å². The van der Waals surface area contributed by atoms with Gasteiger partial charge in [0.05, 0.1) is 5.69 Å². The number of rotatable bonds is 2. The minimum Gasteiger partial charge on any atom is -0.507 e. The Balaban J connectivity index is 2.10. The van der Waals surface area contributed by atoms with Gasteiger partial charge in [0.15, 0.2) is 0 Å². The number of carbonyl (C=O) groups excluding carboxylic acids is 1. The largest absolute Gasteiger partial charge is 0.507 e. The van der Waals surface area contributed by atoms with E-state index in [1.807, 2.05) is 0 Å². The fourth-order valence-corrected chi connectivity index (χ4v) is 3.28. The van der Waals surface area contributed by atoms with Crippen molar-refractivity contribution in [1.29, 1.82) is 0 Å². The Kier molecular flexibility index (Phi) is 3.09. The first-order valence-electron chi connectivity index (χ1n) is 6.32. The monoisotopic (exact) mass is 309 g/mol. The number of phenolic OH excluding ortho intramolecular Hbond substituents is 1. The smallest absolute Gasteiger partial charge is 0.307 e. The molecule has 1 fully saturated rings. The van der Waals surface area contributed by atoms with Crippen molar-refractivity contribution in [2.75, 3.05) is 11.4 Å². The maximum Gasteiger partial charge on any atom is 0.307 e. The second kappa shape index (κ2) is 4.70. The maximum atomic E-state index is 13.1. The highest BCUT2D eigenvalue weighted by atomic mass is 32.3. The summed E-state index contributed by atoms with van der Waals surface area (Å²) >= 11 is 0. The number of halogens is 1. The third-order valence-corrected chi connectivity index (χ3v) is 4.77. The van der Waals surface area contributed by atoms with Gasteiger partial charge in [-0.05, 0) is 12.1 Å². The number of phenols is 1. The molecule has 0 saturated carbocycles. The second-order valence-electron chi connectivity index (χ2n) is 4.96. The molecule has 0 aromatic heterocycles. The van der Waals surface area contributed by atoms with Crippen LogP contribution < -0.4 is 4.90 Å². The lowest BCUT2D eigenvalue weighted by atomic mass is 10.1. The number of nitrogens with zero attached hydrogens (tertiary/aromatic N) is 1. The van der Waals surface area contributed by atoms with E-state index in [0.29, 0.717) is 16.5 Å². The number of hydrogen-bond donors (Lipinski definition) is 1. The van der Waals surface area contributed by atoms with Crippen LogP contribution in [0.1, 0.15) is 6.42 Å². The van der Waals surface area contributed by atoms with E-state index in [-0.39, 0.29) is 18.7 Å². The molecule has 110 valence electrons. The molecule has 2 aromatic rings. The zero-order valence-electron chi connectivity index (χ0n) is 10.9. The van der Waals surface area contributed by atoms with Gasteiger partial charge in [-0.2, -0.15) is 8.42 Å². The van der Waals surface area contributed by atoms with Crippen LogP contribution in [0.5, 0.6) is 5.75 Å². The van der Waals surface area contributed by atoms with Gasteiger partial charge in [0.25, 0.3) is 0 Å². The number of amides is 1. The lowest BCUT2D eigenvalue weighted by Gasteiger charge is -2.18. The first-order valence-corrected chi connectivity index (χ1v) is 7.77. The Morgan fingerprint density at radius 2 is 1.81 bits per heavy atom. The summed E-state index contributed by atoms with van der Waals surface area (Å²) in [6.45, 7) is -0.216. The number of hydrogen-bond acceptors (Lipinski definition) is 4. The molecular formula is C14H12FNO4S. The molecule has 0 radical (unpaired) electrons. The van der Waals surface area contributed by atoms with E-state index in [4.69, 9.17) is 0 Å². The van der Waals surface area contributed by atoms with Crippen molar-refractivity contribution in [3.63, 3.8) is 0 Å². The number of anilines is 1. The summed E-state index contributed by atoms with van der Waals surface area (Å²) in [6, 6.07) is 9.86. The lowest BCUT2D eigenvalue weighted by Crippen LogP contribution is -2.27. The highest BCUT2D eigenvalue weighted by Crippen LogP contribution is 2.35. The SMILES string of the molecule is O=C1CC(S(=O)(=O)F)CN1c1cccc2c(O)cccc12. The van der Waals surface area contributed by atoms with E-state index in [1.54, 1.807) is 30.3 Å². The molecule has 0 bridgehead atoms.